The van der Waals surface area contributed by atoms with E-state index in [1.54, 1.807) is 0 Å². The second-order valence-corrected chi connectivity index (χ2v) is 4.29. The molecule has 1 atom stereocenters. The zero-order valence-corrected chi connectivity index (χ0v) is 10.0. The molecule has 0 aromatic heterocycles. The average molecular weight is 248 g/mol. The van der Waals surface area contributed by atoms with Crippen molar-refractivity contribution in [1.82, 2.24) is 4.90 Å². The van der Waals surface area contributed by atoms with Crippen LogP contribution in [-0.4, -0.2) is 29.5 Å². The molecule has 2 amide bonds. The van der Waals surface area contributed by atoms with E-state index in [2.05, 4.69) is 0 Å². The van der Waals surface area contributed by atoms with Crippen LogP contribution in [0.4, 0.5) is 4.79 Å². The molecule has 1 aromatic rings. The first-order chi connectivity index (χ1) is 8.68. The summed E-state index contributed by atoms with van der Waals surface area (Å²) >= 11 is 0. The number of ether oxygens (including phenoxy) is 1. The quantitative estimate of drug-likeness (QED) is 0.875. The Kier molecular flexibility index (Phi) is 3.82. The van der Waals surface area contributed by atoms with Crippen molar-refractivity contribution in [2.75, 3.05) is 6.54 Å². The summed E-state index contributed by atoms with van der Waals surface area (Å²) in [5.74, 6) is -0.468. The maximum atomic E-state index is 11.8. The minimum atomic E-state index is -0.520. The molecular formula is C13H16N2O3. The molecule has 1 aliphatic heterocycles. The van der Waals surface area contributed by atoms with Gasteiger partial charge in [-0.25, -0.2) is 4.79 Å². The number of nitrogens with zero attached hydrogens (tertiary/aromatic N) is 1. The van der Waals surface area contributed by atoms with Crippen LogP contribution in [0.25, 0.3) is 0 Å². The molecule has 18 heavy (non-hydrogen) atoms. The lowest BCUT2D eigenvalue weighted by Crippen LogP contribution is -2.43. The van der Waals surface area contributed by atoms with Gasteiger partial charge in [0.15, 0.2) is 0 Å². The molecule has 0 spiro atoms. The highest BCUT2D eigenvalue weighted by Gasteiger charge is 2.33. The number of benzene rings is 1. The Morgan fingerprint density at radius 1 is 1.33 bits per heavy atom. The summed E-state index contributed by atoms with van der Waals surface area (Å²) in [6, 6.07) is 8.89. The summed E-state index contributed by atoms with van der Waals surface area (Å²) < 4.78 is 5.17. The Hall–Kier alpha value is -2.04. The average Bonchev–Trinajstić information content (AvgIpc) is 2.86. The van der Waals surface area contributed by atoms with Crippen molar-refractivity contribution in [3.05, 3.63) is 35.9 Å². The van der Waals surface area contributed by atoms with Gasteiger partial charge in [0.2, 0.25) is 5.91 Å². The highest BCUT2D eigenvalue weighted by atomic mass is 16.6. The van der Waals surface area contributed by atoms with Gasteiger partial charge in [-0.2, -0.15) is 0 Å². The van der Waals surface area contributed by atoms with E-state index in [4.69, 9.17) is 10.5 Å². The van der Waals surface area contributed by atoms with Crippen molar-refractivity contribution in [1.29, 1.82) is 0 Å². The van der Waals surface area contributed by atoms with Gasteiger partial charge in [-0.1, -0.05) is 30.3 Å². The van der Waals surface area contributed by atoms with Crippen LogP contribution in [0, 0.1) is 0 Å². The minimum Gasteiger partial charge on any atom is -0.445 e. The number of carbonyl (C=O) groups excluding carboxylic acids is 2. The predicted octanol–water partition coefficient (Wildman–Crippen LogP) is 1.27. The van der Waals surface area contributed by atoms with Gasteiger partial charge in [-0.15, -0.1) is 0 Å². The van der Waals surface area contributed by atoms with Crippen molar-refractivity contribution in [3.8, 4) is 0 Å². The summed E-state index contributed by atoms with van der Waals surface area (Å²) in [6.07, 6.45) is 0.934. The number of nitrogens with two attached hydrogens (primary N) is 1. The Morgan fingerprint density at radius 2 is 2.06 bits per heavy atom. The second-order valence-electron chi connectivity index (χ2n) is 4.29. The molecule has 2 N–H and O–H groups in total. The Morgan fingerprint density at radius 3 is 2.72 bits per heavy atom. The minimum absolute atomic E-state index is 0.210. The van der Waals surface area contributed by atoms with Gasteiger partial charge in [0.1, 0.15) is 12.6 Å². The largest absolute Gasteiger partial charge is 0.445 e. The van der Waals surface area contributed by atoms with Crippen LogP contribution in [0.1, 0.15) is 18.4 Å². The molecule has 1 aliphatic rings. The van der Waals surface area contributed by atoms with E-state index < -0.39 is 18.0 Å². The van der Waals surface area contributed by atoms with E-state index in [-0.39, 0.29) is 6.61 Å². The first-order valence-electron chi connectivity index (χ1n) is 5.95. The van der Waals surface area contributed by atoms with Crippen molar-refractivity contribution in [2.24, 2.45) is 5.73 Å². The van der Waals surface area contributed by atoms with Crippen molar-refractivity contribution in [2.45, 2.75) is 25.5 Å². The molecule has 0 aliphatic carbocycles. The summed E-state index contributed by atoms with van der Waals surface area (Å²) in [7, 11) is 0. The third kappa shape index (κ3) is 2.80. The predicted molar refractivity (Wildman–Crippen MR) is 65.5 cm³/mol. The van der Waals surface area contributed by atoms with Crippen molar-refractivity contribution >= 4 is 12.0 Å². The van der Waals surface area contributed by atoms with Crippen LogP contribution in [0.3, 0.4) is 0 Å². The van der Waals surface area contributed by atoms with Crippen LogP contribution < -0.4 is 5.73 Å². The Balaban J connectivity index is 1.90. The fraction of sp³-hybridized carbons (Fsp3) is 0.385. The molecule has 0 radical (unpaired) electrons. The number of primary amides is 1. The molecule has 5 heteroatoms. The molecule has 1 aromatic carbocycles. The lowest BCUT2D eigenvalue weighted by Gasteiger charge is -2.21. The fourth-order valence-corrected chi connectivity index (χ4v) is 2.08. The number of hydrogen-bond acceptors (Lipinski definition) is 3. The van der Waals surface area contributed by atoms with E-state index in [9.17, 15) is 9.59 Å². The van der Waals surface area contributed by atoms with Crippen LogP contribution in [-0.2, 0) is 16.1 Å². The Bertz CT molecular complexity index is 433. The molecule has 5 nitrogen and oxygen atoms in total. The van der Waals surface area contributed by atoms with Crippen LogP contribution in [0.15, 0.2) is 30.3 Å². The maximum Gasteiger partial charge on any atom is 0.410 e. The van der Waals surface area contributed by atoms with E-state index in [0.717, 1.165) is 12.0 Å². The van der Waals surface area contributed by atoms with Gasteiger partial charge in [0.25, 0.3) is 0 Å². The number of likely N-dealkylation sites (tertiary alicyclic amines) is 1. The van der Waals surface area contributed by atoms with E-state index in [1.807, 2.05) is 30.3 Å². The van der Waals surface area contributed by atoms with Crippen LogP contribution in [0.2, 0.25) is 0 Å². The number of carbonyl (C=O) groups is 2. The number of rotatable bonds is 3. The summed E-state index contributed by atoms with van der Waals surface area (Å²) in [4.78, 5) is 24.4. The molecule has 0 saturated carbocycles. The molecule has 2 rings (SSSR count). The molecule has 0 bridgehead atoms. The molecule has 96 valence electrons. The topological polar surface area (TPSA) is 72.6 Å². The summed E-state index contributed by atoms with van der Waals surface area (Å²) in [6.45, 7) is 0.739. The van der Waals surface area contributed by atoms with E-state index >= 15 is 0 Å². The zero-order chi connectivity index (χ0) is 13.0. The third-order valence-corrected chi connectivity index (χ3v) is 3.02. The summed E-state index contributed by atoms with van der Waals surface area (Å²) in [5, 5.41) is 0. The van der Waals surface area contributed by atoms with Gasteiger partial charge >= 0.3 is 6.09 Å². The highest BCUT2D eigenvalue weighted by molar-refractivity contribution is 5.84. The molecule has 1 saturated heterocycles. The van der Waals surface area contributed by atoms with E-state index in [1.165, 1.54) is 4.90 Å². The maximum absolute atomic E-state index is 11.8. The SMILES string of the molecule is NC(=O)C1CCCN1C(=O)OCc1ccccc1. The summed E-state index contributed by atoms with van der Waals surface area (Å²) in [5.41, 5.74) is 6.16. The number of amides is 2. The first kappa shape index (κ1) is 12.4. The van der Waals surface area contributed by atoms with Crippen LogP contribution in [0.5, 0.6) is 0 Å². The fourth-order valence-electron chi connectivity index (χ4n) is 2.08. The molecular weight excluding hydrogens is 232 g/mol. The van der Waals surface area contributed by atoms with Gasteiger partial charge in [-0.3, -0.25) is 9.69 Å². The smallest absolute Gasteiger partial charge is 0.410 e. The first-order valence-corrected chi connectivity index (χ1v) is 5.95. The monoisotopic (exact) mass is 248 g/mol. The van der Waals surface area contributed by atoms with Gasteiger partial charge in [-0.05, 0) is 18.4 Å². The normalized spacial score (nSPS) is 18.7. The van der Waals surface area contributed by atoms with Gasteiger partial charge < -0.3 is 10.5 Å². The highest BCUT2D eigenvalue weighted by Crippen LogP contribution is 2.18. The second kappa shape index (κ2) is 5.53. The molecule has 1 fully saturated rings. The number of hydrogen-bond donors (Lipinski definition) is 1. The van der Waals surface area contributed by atoms with E-state index in [0.29, 0.717) is 13.0 Å². The standard InChI is InChI=1S/C13H16N2O3/c14-12(16)11-7-4-8-15(11)13(17)18-9-10-5-2-1-3-6-10/h1-3,5-6,11H,4,7-9H2,(H2,14,16). The van der Waals surface area contributed by atoms with Gasteiger partial charge in [0, 0.05) is 6.54 Å². The lowest BCUT2D eigenvalue weighted by atomic mass is 10.2. The van der Waals surface area contributed by atoms with Gasteiger partial charge in [0.05, 0.1) is 0 Å². The van der Waals surface area contributed by atoms with Crippen molar-refractivity contribution in [3.63, 3.8) is 0 Å². The Labute approximate surface area is 106 Å². The molecule has 1 unspecified atom stereocenters. The lowest BCUT2D eigenvalue weighted by molar-refractivity contribution is -0.121. The van der Waals surface area contributed by atoms with Crippen LogP contribution >= 0.6 is 0 Å². The third-order valence-electron chi connectivity index (χ3n) is 3.02. The molecule has 1 heterocycles. The zero-order valence-electron chi connectivity index (χ0n) is 10.0. The van der Waals surface area contributed by atoms with Crippen molar-refractivity contribution < 1.29 is 14.3 Å².